The third-order valence-electron chi connectivity index (χ3n) is 3.67. The molecule has 0 spiro atoms. The van der Waals surface area contributed by atoms with Crippen molar-refractivity contribution in [2.24, 2.45) is 0 Å². The van der Waals surface area contributed by atoms with Gasteiger partial charge in [-0.25, -0.2) is 4.79 Å². The lowest BCUT2D eigenvalue weighted by atomic mass is 10.1. The molecule has 5 nitrogen and oxygen atoms in total. The fourth-order valence-corrected chi connectivity index (χ4v) is 2.73. The van der Waals surface area contributed by atoms with Crippen molar-refractivity contribution in [1.82, 2.24) is 5.32 Å². The summed E-state index contributed by atoms with van der Waals surface area (Å²) in [5.41, 5.74) is 2.69. The molecular weight excluding hydrogens is 338 g/mol. The Kier molecular flexibility index (Phi) is 6.89. The highest BCUT2D eigenvalue weighted by Crippen LogP contribution is 2.19. The number of aryl methyl sites for hydroxylation is 1. The molecule has 0 aliphatic heterocycles. The van der Waals surface area contributed by atoms with E-state index in [1.807, 2.05) is 43.5 Å². The Labute approximate surface area is 151 Å². The van der Waals surface area contributed by atoms with Gasteiger partial charge in [-0.05, 0) is 55.0 Å². The minimum Gasteiger partial charge on any atom is -0.482 e. The third kappa shape index (κ3) is 5.83. The van der Waals surface area contributed by atoms with Crippen molar-refractivity contribution in [2.45, 2.75) is 18.2 Å². The molecule has 0 saturated carbocycles. The summed E-state index contributed by atoms with van der Waals surface area (Å²) in [6.07, 6.45) is 2.67. The molecule has 0 aliphatic carbocycles. The van der Waals surface area contributed by atoms with Crippen LogP contribution in [0.2, 0.25) is 0 Å². The number of nitrogens with one attached hydrogen (secondary N) is 1. The second kappa shape index (κ2) is 9.13. The lowest BCUT2D eigenvalue weighted by Crippen LogP contribution is -2.26. The Hall–Kier alpha value is -2.47. The molecule has 0 aromatic heterocycles. The van der Waals surface area contributed by atoms with Crippen LogP contribution in [-0.4, -0.2) is 36.4 Å². The Morgan fingerprint density at radius 2 is 1.88 bits per heavy atom. The van der Waals surface area contributed by atoms with Crippen LogP contribution >= 0.6 is 11.8 Å². The Morgan fingerprint density at radius 1 is 1.16 bits per heavy atom. The fraction of sp³-hybridized carbons (Fsp3) is 0.263. The van der Waals surface area contributed by atoms with Crippen LogP contribution in [0.4, 0.5) is 0 Å². The summed E-state index contributed by atoms with van der Waals surface area (Å²) in [6.45, 7) is 2.09. The number of rotatable bonds is 8. The maximum atomic E-state index is 12.3. The van der Waals surface area contributed by atoms with Gasteiger partial charge in [0.05, 0.1) is 0 Å². The van der Waals surface area contributed by atoms with Crippen LogP contribution in [0.5, 0.6) is 5.75 Å². The van der Waals surface area contributed by atoms with E-state index in [2.05, 4.69) is 5.32 Å². The highest BCUT2D eigenvalue weighted by atomic mass is 32.2. The summed E-state index contributed by atoms with van der Waals surface area (Å²) in [6, 6.07) is 13.1. The first kappa shape index (κ1) is 18.9. The van der Waals surface area contributed by atoms with Crippen LogP contribution in [0.15, 0.2) is 47.4 Å². The van der Waals surface area contributed by atoms with Crippen LogP contribution in [0.25, 0.3) is 0 Å². The molecule has 0 heterocycles. The number of amides is 1. The number of hydrogen-bond donors (Lipinski definition) is 2. The quantitative estimate of drug-likeness (QED) is 0.708. The number of carbonyl (C=O) groups excluding carboxylic acids is 1. The first-order valence-corrected chi connectivity index (χ1v) is 9.08. The van der Waals surface area contributed by atoms with E-state index in [4.69, 9.17) is 9.84 Å². The Balaban J connectivity index is 1.86. The average molecular weight is 359 g/mol. The molecule has 0 atom stereocenters. The molecule has 2 aromatic carbocycles. The molecule has 0 radical (unpaired) electrons. The molecule has 2 rings (SSSR count). The molecule has 0 fully saturated rings. The van der Waals surface area contributed by atoms with E-state index in [9.17, 15) is 9.59 Å². The van der Waals surface area contributed by atoms with Crippen molar-refractivity contribution in [3.8, 4) is 5.75 Å². The molecule has 0 aliphatic rings. The van der Waals surface area contributed by atoms with Gasteiger partial charge in [-0.3, -0.25) is 4.79 Å². The van der Waals surface area contributed by atoms with Gasteiger partial charge in [-0.2, -0.15) is 0 Å². The second-order valence-electron chi connectivity index (χ2n) is 5.51. The SMILES string of the molecule is CSc1ccc(C)c(C(=O)NCCc2ccc(OCC(=O)O)cc2)c1. The zero-order chi connectivity index (χ0) is 18.2. The van der Waals surface area contributed by atoms with Gasteiger partial charge in [0.25, 0.3) is 5.91 Å². The highest BCUT2D eigenvalue weighted by molar-refractivity contribution is 7.98. The first-order chi connectivity index (χ1) is 12.0. The summed E-state index contributed by atoms with van der Waals surface area (Å²) in [7, 11) is 0. The molecule has 0 unspecified atom stereocenters. The number of carboxylic acids is 1. The zero-order valence-electron chi connectivity index (χ0n) is 14.2. The van der Waals surface area contributed by atoms with Gasteiger partial charge >= 0.3 is 5.97 Å². The molecule has 2 N–H and O–H groups in total. The van der Waals surface area contributed by atoms with Crippen LogP contribution in [0.1, 0.15) is 21.5 Å². The zero-order valence-corrected chi connectivity index (χ0v) is 15.1. The second-order valence-corrected chi connectivity index (χ2v) is 6.39. The van der Waals surface area contributed by atoms with Gasteiger partial charge in [0, 0.05) is 17.0 Å². The summed E-state index contributed by atoms with van der Waals surface area (Å²) in [4.78, 5) is 23.9. The lowest BCUT2D eigenvalue weighted by Gasteiger charge is -2.09. The third-order valence-corrected chi connectivity index (χ3v) is 4.40. The molecule has 0 bridgehead atoms. The van der Waals surface area contributed by atoms with Crippen molar-refractivity contribution < 1.29 is 19.4 Å². The van der Waals surface area contributed by atoms with Crippen molar-refractivity contribution >= 4 is 23.6 Å². The molecule has 2 aromatic rings. The summed E-state index contributed by atoms with van der Waals surface area (Å²) in [5, 5.41) is 11.5. The average Bonchev–Trinajstić information content (AvgIpc) is 2.61. The molecule has 6 heteroatoms. The fourth-order valence-electron chi connectivity index (χ4n) is 2.29. The number of carboxylic acid groups (broad SMARTS) is 1. The van der Waals surface area contributed by atoms with Gasteiger partial charge in [0.1, 0.15) is 5.75 Å². The van der Waals surface area contributed by atoms with Gasteiger partial charge in [-0.15, -0.1) is 11.8 Å². The predicted octanol–water partition coefficient (Wildman–Crippen LogP) is 3.15. The predicted molar refractivity (Wildman–Crippen MR) is 98.6 cm³/mol. The number of ether oxygens (including phenoxy) is 1. The van der Waals surface area contributed by atoms with Crippen LogP contribution in [-0.2, 0) is 11.2 Å². The summed E-state index contributed by atoms with van der Waals surface area (Å²) < 4.78 is 5.09. The molecular formula is C19H21NO4S. The summed E-state index contributed by atoms with van der Waals surface area (Å²) in [5.74, 6) is -0.567. The molecule has 25 heavy (non-hydrogen) atoms. The van der Waals surface area contributed by atoms with E-state index in [1.165, 1.54) is 0 Å². The smallest absolute Gasteiger partial charge is 0.341 e. The maximum absolute atomic E-state index is 12.3. The van der Waals surface area contributed by atoms with Gasteiger partial charge in [-0.1, -0.05) is 18.2 Å². The lowest BCUT2D eigenvalue weighted by molar-refractivity contribution is -0.139. The topological polar surface area (TPSA) is 75.6 Å². The van der Waals surface area contributed by atoms with E-state index < -0.39 is 5.97 Å². The number of hydrogen-bond acceptors (Lipinski definition) is 4. The first-order valence-electron chi connectivity index (χ1n) is 7.86. The van der Waals surface area contributed by atoms with Crippen molar-refractivity contribution in [1.29, 1.82) is 0 Å². The van der Waals surface area contributed by atoms with E-state index >= 15 is 0 Å². The number of benzene rings is 2. The van der Waals surface area contributed by atoms with Crippen molar-refractivity contribution in [3.05, 3.63) is 59.2 Å². The Morgan fingerprint density at radius 3 is 2.52 bits per heavy atom. The van der Waals surface area contributed by atoms with E-state index in [-0.39, 0.29) is 12.5 Å². The van der Waals surface area contributed by atoms with Crippen LogP contribution < -0.4 is 10.1 Å². The molecule has 1 amide bonds. The van der Waals surface area contributed by atoms with Gasteiger partial charge < -0.3 is 15.2 Å². The van der Waals surface area contributed by atoms with E-state index in [0.717, 1.165) is 16.0 Å². The number of thioether (sulfide) groups is 1. The normalized spacial score (nSPS) is 10.3. The van der Waals surface area contributed by atoms with Crippen molar-refractivity contribution in [2.75, 3.05) is 19.4 Å². The van der Waals surface area contributed by atoms with E-state index in [1.54, 1.807) is 23.9 Å². The van der Waals surface area contributed by atoms with E-state index in [0.29, 0.717) is 24.3 Å². The minimum atomic E-state index is -1.01. The largest absolute Gasteiger partial charge is 0.482 e. The van der Waals surface area contributed by atoms with Crippen LogP contribution in [0, 0.1) is 6.92 Å². The highest BCUT2D eigenvalue weighted by Gasteiger charge is 2.09. The van der Waals surface area contributed by atoms with Crippen molar-refractivity contribution in [3.63, 3.8) is 0 Å². The standard InChI is InChI=1S/C19H21NO4S/c1-13-3-8-16(25-2)11-17(13)19(23)20-10-9-14-4-6-15(7-5-14)24-12-18(21)22/h3-8,11H,9-10,12H2,1-2H3,(H,20,23)(H,21,22). The van der Waals surface area contributed by atoms with Gasteiger partial charge in [0.2, 0.25) is 0 Å². The minimum absolute atomic E-state index is 0.0742. The molecule has 0 saturated heterocycles. The van der Waals surface area contributed by atoms with Crippen LogP contribution in [0.3, 0.4) is 0 Å². The number of aliphatic carboxylic acids is 1. The van der Waals surface area contributed by atoms with Gasteiger partial charge in [0.15, 0.2) is 6.61 Å². The monoisotopic (exact) mass is 359 g/mol. The number of carbonyl (C=O) groups is 2. The molecule has 132 valence electrons. The Bertz CT molecular complexity index is 744. The summed E-state index contributed by atoms with van der Waals surface area (Å²) >= 11 is 1.61. The maximum Gasteiger partial charge on any atom is 0.341 e.